The number of aryl methyl sites for hydroxylation is 1. The molecule has 0 radical (unpaired) electrons. The van der Waals surface area contributed by atoms with Crippen LogP contribution in [0.15, 0.2) is 48.6 Å². The van der Waals surface area contributed by atoms with Crippen LogP contribution in [-0.2, 0) is 36.1 Å². The molecule has 306 valence electrons. The van der Waals surface area contributed by atoms with Gasteiger partial charge < -0.3 is 24.4 Å². The summed E-state index contributed by atoms with van der Waals surface area (Å²) in [6.07, 6.45) is 12.3. The quantitative estimate of drug-likeness (QED) is 0.302. The minimum absolute atomic E-state index is 0.0434. The number of sulfonamides is 1. The average Bonchev–Trinajstić information content (AvgIpc) is 3.35. The molecule has 56 heavy (non-hydrogen) atoms. The summed E-state index contributed by atoms with van der Waals surface area (Å²) in [6.45, 7) is 11.7. The summed E-state index contributed by atoms with van der Waals surface area (Å²) in [4.78, 5) is 31.0. The van der Waals surface area contributed by atoms with E-state index < -0.39 is 26.8 Å². The summed E-state index contributed by atoms with van der Waals surface area (Å²) < 4.78 is 46.7. The van der Waals surface area contributed by atoms with Gasteiger partial charge in [-0.1, -0.05) is 30.7 Å². The number of benzene rings is 2. The van der Waals surface area contributed by atoms with E-state index in [9.17, 15) is 18.0 Å². The zero-order valence-electron chi connectivity index (χ0n) is 33.1. The van der Waals surface area contributed by atoms with Gasteiger partial charge >= 0.3 is 0 Å². The lowest BCUT2D eigenvalue weighted by Gasteiger charge is -2.48. The molecule has 1 spiro atoms. The Morgan fingerprint density at radius 2 is 1.82 bits per heavy atom. The van der Waals surface area contributed by atoms with Crippen LogP contribution in [0.2, 0.25) is 5.02 Å². The van der Waals surface area contributed by atoms with Crippen LogP contribution >= 0.6 is 11.6 Å². The number of piperidine rings is 1. The van der Waals surface area contributed by atoms with Crippen molar-refractivity contribution in [2.75, 3.05) is 71.1 Å². The number of ether oxygens (including phenoxy) is 3. The molecule has 6 aliphatic rings. The SMILES string of the molecule is C1CC(N2CCOCC2)CCN1.CO[C@@]1(C=O)/C=C/C[C@H](C)[C@@H](C)S(=O)(=O)NC(=O)c2ccc3c(c2)N(C[C@@H]2CC[C@H]21)C[C@@]1(CCCc2cc(Cl)ccc21)CO3. The zero-order chi connectivity index (χ0) is 39.5. The third-order valence-electron chi connectivity index (χ3n) is 13.6. The zero-order valence-corrected chi connectivity index (χ0v) is 34.7. The van der Waals surface area contributed by atoms with Gasteiger partial charge in [-0.15, -0.1) is 0 Å². The molecule has 2 aromatic rings. The van der Waals surface area contributed by atoms with Crippen molar-refractivity contribution >= 4 is 39.5 Å². The Balaban J connectivity index is 0.000000339. The number of morpholine rings is 1. The number of nitrogens with zero attached hydrogens (tertiary/aromatic N) is 2. The van der Waals surface area contributed by atoms with E-state index in [4.69, 9.17) is 25.8 Å². The number of nitrogens with one attached hydrogen (secondary N) is 2. The number of fused-ring (bicyclic) bond motifs is 4. The molecule has 2 saturated heterocycles. The topological polar surface area (TPSA) is 127 Å². The molecule has 2 aliphatic carbocycles. The molecule has 4 aliphatic heterocycles. The Morgan fingerprint density at radius 1 is 1.04 bits per heavy atom. The predicted octanol–water partition coefficient (Wildman–Crippen LogP) is 5.54. The van der Waals surface area contributed by atoms with Crippen molar-refractivity contribution in [1.82, 2.24) is 14.9 Å². The Bertz CT molecular complexity index is 1850. The van der Waals surface area contributed by atoms with Gasteiger partial charge in [0.2, 0.25) is 10.0 Å². The molecule has 6 atom stereocenters. The summed E-state index contributed by atoms with van der Waals surface area (Å²) in [5.74, 6) is -0.203. The fraction of sp³-hybridized carbons (Fsp3) is 0.628. The number of hydrogen-bond acceptors (Lipinski definition) is 10. The Labute approximate surface area is 337 Å². The van der Waals surface area contributed by atoms with Gasteiger partial charge in [-0.3, -0.25) is 14.5 Å². The number of rotatable bonds is 3. The second-order valence-electron chi connectivity index (χ2n) is 16.8. The molecule has 2 bridgehead atoms. The highest BCUT2D eigenvalue weighted by atomic mass is 35.5. The smallest absolute Gasteiger partial charge is 0.264 e. The molecule has 2 aromatic carbocycles. The van der Waals surface area contributed by atoms with Crippen molar-refractivity contribution in [3.8, 4) is 5.75 Å². The van der Waals surface area contributed by atoms with Gasteiger partial charge in [-0.25, -0.2) is 13.1 Å². The Hall–Kier alpha value is -3.00. The minimum atomic E-state index is -3.97. The van der Waals surface area contributed by atoms with E-state index in [1.165, 1.54) is 37.1 Å². The molecule has 0 aromatic heterocycles. The van der Waals surface area contributed by atoms with Crippen molar-refractivity contribution in [2.45, 2.75) is 87.5 Å². The van der Waals surface area contributed by atoms with Gasteiger partial charge in [0, 0.05) is 61.2 Å². The number of hydrogen-bond donors (Lipinski definition) is 2. The molecule has 8 rings (SSSR count). The molecule has 2 N–H and O–H groups in total. The second-order valence-corrected chi connectivity index (χ2v) is 19.3. The number of aldehydes is 1. The highest BCUT2D eigenvalue weighted by Gasteiger charge is 2.49. The number of carbonyl (C=O) groups excluding carboxylic acids is 2. The first-order chi connectivity index (χ1) is 27.0. The first kappa shape index (κ1) is 41.2. The molecule has 3 fully saturated rings. The third kappa shape index (κ3) is 8.57. The maximum absolute atomic E-state index is 13.4. The predicted molar refractivity (Wildman–Crippen MR) is 219 cm³/mol. The van der Waals surface area contributed by atoms with Crippen molar-refractivity contribution in [3.05, 3.63) is 70.3 Å². The van der Waals surface area contributed by atoms with Gasteiger partial charge in [0.05, 0.1) is 30.8 Å². The van der Waals surface area contributed by atoms with Crippen molar-refractivity contribution < 1.29 is 32.2 Å². The lowest BCUT2D eigenvalue weighted by Crippen LogP contribution is -2.53. The third-order valence-corrected chi connectivity index (χ3v) is 15.7. The Kier molecular flexibility index (Phi) is 12.8. The summed E-state index contributed by atoms with van der Waals surface area (Å²) in [5.41, 5.74) is 2.05. The van der Waals surface area contributed by atoms with E-state index in [1.54, 1.807) is 32.2 Å². The van der Waals surface area contributed by atoms with Crippen molar-refractivity contribution in [1.29, 1.82) is 0 Å². The number of halogens is 1. The van der Waals surface area contributed by atoms with E-state index in [0.29, 0.717) is 36.9 Å². The normalized spacial score (nSPS) is 32.9. The average molecular weight is 811 g/mol. The number of amides is 1. The lowest BCUT2D eigenvalue weighted by molar-refractivity contribution is -0.135. The summed E-state index contributed by atoms with van der Waals surface area (Å²) >= 11 is 6.40. The number of methoxy groups -OCH3 is 1. The summed E-state index contributed by atoms with van der Waals surface area (Å²) in [7, 11) is -2.41. The molecular weight excluding hydrogens is 752 g/mol. The monoisotopic (exact) mass is 810 g/mol. The maximum Gasteiger partial charge on any atom is 0.264 e. The van der Waals surface area contributed by atoms with Crippen LogP contribution in [0.25, 0.3) is 0 Å². The largest absolute Gasteiger partial charge is 0.490 e. The van der Waals surface area contributed by atoms with Crippen LogP contribution < -0.4 is 19.7 Å². The van der Waals surface area contributed by atoms with E-state index in [1.807, 2.05) is 25.1 Å². The molecule has 1 saturated carbocycles. The lowest BCUT2D eigenvalue weighted by atomic mass is 9.64. The van der Waals surface area contributed by atoms with Gasteiger partial charge in [-0.2, -0.15) is 0 Å². The summed E-state index contributed by atoms with van der Waals surface area (Å²) in [5, 5.41) is 3.27. The van der Waals surface area contributed by atoms with E-state index in [2.05, 4.69) is 32.0 Å². The van der Waals surface area contributed by atoms with Crippen LogP contribution in [0.4, 0.5) is 5.69 Å². The molecule has 11 nitrogen and oxygen atoms in total. The first-order valence-corrected chi connectivity index (χ1v) is 22.5. The van der Waals surface area contributed by atoms with Crippen LogP contribution in [0.3, 0.4) is 0 Å². The first-order valence-electron chi connectivity index (χ1n) is 20.6. The van der Waals surface area contributed by atoms with Crippen LogP contribution in [0, 0.1) is 17.8 Å². The molecule has 4 heterocycles. The second kappa shape index (κ2) is 17.5. The van der Waals surface area contributed by atoms with E-state index in [-0.39, 0.29) is 28.7 Å². The van der Waals surface area contributed by atoms with Crippen molar-refractivity contribution in [2.24, 2.45) is 17.8 Å². The maximum atomic E-state index is 13.4. The number of carbonyl (C=O) groups is 2. The Morgan fingerprint density at radius 3 is 2.54 bits per heavy atom. The van der Waals surface area contributed by atoms with Crippen LogP contribution in [-0.4, -0.2) is 109 Å². The molecular formula is C43H59ClN4O7S. The molecule has 13 heteroatoms. The highest BCUT2D eigenvalue weighted by molar-refractivity contribution is 7.90. The number of allylic oxidation sites excluding steroid dienone is 1. The minimum Gasteiger partial charge on any atom is -0.490 e. The molecule has 1 amide bonds. The van der Waals surface area contributed by atoms with Crippen molar-refractivity contribution in [3.63, 3.8) is 0 Å². The van der Waals surface area contributed by atoms with Gasteiger partial charge in [0.15, 0.2) is 6.29 Å². The van der Waals surface area contributed by atoms with Gasteiger partial charge in [0.25, 0.3) is 5.91 Å². The number of anilines is 1. The van der Waals surface area contributed by atoms with Gasteiger partial charge in [-0.05, 0) is 131 Å². The fourth-order valence-corrected chi connectivity index (χ4v) is 11.3. The van der Waals surface area contributed by atoms with E-state index in [0.717, 1.165) is 76.4 Å². The van der Waals surface area contributed by atoms with Crippen LogP contribution in [0.1, 0.15) is 80.3 Å². The van der Waals surface area contributed by atoms with Gasteiger partial charge in [0.1, 0.15) is 11.4 Å². The standard InChI is InChI=1S/C34H41ClN2O6S.C9H18N2O/c1-22-6-4-15-34(20-38,42-3)29-11-8-26(29)18-37-19-33(14-5-7-24-16-27(35)10-12-28(24)33)21-43-31-13-9-25(17-30(31)37)32(39)36-44(40,41)23(22)2;1-3-10-4-2-9(1)11-5-7-12-8-6-11/h4,9-10,12-13,15-17,20,22-23,26,29H,5-8,11,14,18-19,21H2,1-3H3,(H,36,39);9-10H,1-8H2/b15-4+;/t22-,23+,26-,29+,33-,34+;/m0./s1. The molecule has 0 unspecified atom stereocenters. The highest BCUT2D eigenvalue weighted by Crippen LogP contribution is 2.48. The van der Waals surface area contributed by atoms with Crippen LogP contribution in [0.5, 0.6) is 5.75 Å². The summed E-state index contributed by atoms with van der Waals surface area (Å²) in [6, 6.07) is 12.1. The fourth-order valence-electron chi connectivity index (χ4n) is 9.80. The van der Waals surface area contributed by atoms with E-state index >= 15 is 0 Å².